The summed E-state index contributed by atoms with van der Waals surface area (Å²) in [6.07, 6.45) is -14.8. The lowest BCUT2D eigenvalue weighted by Crippen LogP contribution is -2.66. The number of likely N-dealkylation sites (N-methyl/N-ethyl adjacent to an activating group) is 1. The Bertz CT molecular complexity index is 1410. The molecule has 3 fully saturated rings. The molecule has 2 bridgehead atoms. The number of nitrogens with zero attached hydrogens (tertiary/aromatic N) is 1. The first-order chi connectivity index (χ1) is 21.3. The summed E-state index contributed by atoms with van der Waals surface area (Å²) in [6.45, 7) is 0.689. The van der Waals surface area contributed by atoms with Gasteiger partial charge < -0.3 is 69.4 Å². The second kappa shape index (κ2) is 10.8. The van der Waals surface area contributed by atoms with Crippen molar-refractivity contribution in [2.24, 2.45) is 5.92 Å². The van der Waals surface area contributed by atoms with Gasteiger partial charge in [0.1, 0.15) is 48.8 Å². The first kappa shape index (κ1) is 30.7. The third kappa shape index (κ3) is 4.43. The summed E-state index contributed by atoms with van der Waals surface area (Å²) in [6, 6.07) is 3.53. The van der Waals surface area contributed by atoms with E-state index in [1.807, 2.05) is 19.2 Å². The maximum Gasteiger partial charge on any atom is 0.335 e. The van der Waals surface area contributed by atoms with E-state index < -0.39 is 91.0 Å². The van der Waals surface area contributed by atoms with Gasteiger partial charge in [0.2, 0.25) is 6.29 Å². The maximum absolute atomic E-state index is 11.7. The SMILES string of the molecule is CN1CCC23c4c5ccc(OC6OC(C(=O)O)C(O)C(O)C6O)c4OC2C(OC2OC(C(=O)O)C(O)C(O)C2O)C=CC3C1C5. The van der Waals surface area contributed by atoms with Crippen molar-refractivity contribution in [1.82, 2.24) is 4.90 Å². The van der Waals surface area contributed by atoms with Crippen LogP contribution in [0.25, 0.3) is 0 Å². The van der Waals surface area contributed by atoms with Gasteiger partial charge in [-0.15, -0.1) is 0 Å². The van der Waals surface area contributed by atoms with Gasteiger partial charge in [-0.1, -0.05) is 18.2 Å². The van der Waals surface area contributed by atoms with E-state index in [0.717, 1.165) is 11.1 Å². The molecule has 4 heterocycles. The number of aliphatic hydroxyl groups is 6. The Morgan fingerprint density at radius 1 is 0.867 bits per heavy atom. The van der Waals surface area contributed by atoms with Crippen molar-refractivity contribution in [3.63, 3.8) is 0 Å². The molecule has 0 saturated carbocycles. The van der Waals surface area contributed by atoms with Gasteiger partial charge in [-0.25, -0.2) is 9.59 Å². The van der Waals surface area contributed by atoms with E-state index in [9.17, 15) is 50.4 Å². The molecule has 15 unspecified atom stereocenters. The smallest absolute Gasteiger partial charge is 0.335 e. The summed E-state index contributed by atoms with van der Waals surface area (Å²) in [7, 11) is 2.04. The number of rotatable bonds is 6. The maximum atomic E-state index is 11.7. The molecular formula is C29H35NO15. The third-order valence-electron chi connectivity index (χ3n) is 10.3. The lowest BCUT2D eigenvalue weighted by atomic mass is 9.53. The van der Waals surface area contributed by atoms with Crippen molar-refractivity contribution in [3.05, 3.63) is 35.4 Å². The fraction of sp³-hybridized carbons (Fsp3) is 0.655. The number of carbonyl (C=O) groups is 2. The summed E-state index contributed by atoms with van der Waals surface area (Å²) >= 11 is 0. The van der Waals surface area contributed by atoms with Crippen molar-refractivity contribution >= 4 is 11.9 Å². The fourth-order valence-electron chi connectivity index (χ4n) is 8.01. The lowest BCUT2D eigenvalue weighted by molar-refractivity contribution is -0.307. The van der Waals surface area contributed by atoms with Gasteiger partial charge in [0, 0.05) is 22.9 Å². The van der Waals surface area contributed by atoms with Gasteiger partial charge in [0.25, 0.3) is 0 Å². The Morgan fingerprint density at radius 2 is 1.49 bits per heavy atom. The minimum absolute atomic E-state index is 0.0636. The number of piperidine rings is 1. The first-order valence-corrected chi connectivity index (χ1v) is 14.7. The van der Waals surface area contributed by atoms with E-state index in [-0.39, 0.29) is 23.5 Å². The Balaban J connectivity index is 1.24. The molecule has 0 aromatic heterocycles. The number of hydrogen-bond acceptors (Lipinski definition) is 14. The van der Waals surface area contributed by atoms with Crippen LogP contribution in [0.5, 0.6) is 11.5 Å². The summed E-state index contributed by atoms with van der Waals surface area (Å²) in [5.41, 5.74) is 1.10. The average Bonchev–Trinajstić information content (AvgIpc) is 3.36. The van der Waals surface area contributed by atoms with Gasteiger partial charge >= 0.3 is 11.9 Å². The number of benzene rings is 1. The van der Waals surface area contributed by atoms with Crippen molar-refractivity contribution < 1.29 is 74.1 Å². The van der Waals surface area contributed by atoms with Crippen molar-refractivity contribution in [2.75, 3.05) is 13.6 Å². The number of aliphatic carboxylic acids is 2. The predicted molar refractivity (Wildman–Crippen MR) is 144 cm³/mol. The molecule has 0 radical (unpaired) electrons. The zero-order valence-corrected chi connectivity index (χ0v) is 23.9. The Kier molecular flexibility index (Phi) is 7.40. The Hall–Kier alpha value is -2.90. The van der Waals surface area contributed by atoms with Gasteiger partial charge in [0.05, 0.1) is 0 Å². The molecule has 1 aromatic rings. The highest BCUT2D eigenvalue weighted by Gasteiger charge is 2.65. The number of carboxylic acid groups (broad SMARTS) is 2. The molecule has 7 rings (SSSR count). The number of carboxylic acids is 2. The van der Waals surface area contributed by atoms with E-state index >= 15 is 0 Å². The molecule has 0 amide bonds. The largest absolute Gasteiger partial charge is 0.482 e. The van der Waals surface area contributed by atoms with Crippen LogP contribution in [0.1, 0.15) is 17.5 Å². The molecule has 16 heteroatoms. The zero-order chi connectivity index (χ0) is 32.1. The van der Waals surface area contributed by atoms with Crippen molar-refractivity contribution in [2.45, 2.75) is 97.9 Å². The third-order valence-corrected chi connectivity index (χ3v) is 10.3. The average molecular weight is 638 g/mol. The van der Waals surface area contributed by atoms with Gasteiger partial charge in [0.15, 0.2) is 30.0 Å². The Morgan fingerprint density at radius 3 is 2.13 bits per heavy atom. The molecule has 2 aliphatic carbocycles. The summed E-state index contributed by atoms with van der Waals surface area (Å²) in [4.78, 5) is 25.6. The molecule has 1 spiro atoms. The highest BCUT2D eigenvalue weighted by Crippen LogP contribution is 2.63. The summed E-state index contributed by atoms with van der Waals surface area (Å²) in [5.74, 6) is -2.79. The predicted octanol–water partition coefficient (Wildman–Crippen LogP) is -3.32. The monoisotopic (exact) mass is 637 g/mol. The van der Waals surface area contributed by atoms with Crippen molar-refractivity contribution in [1.29, 1.82) is 0 Å². The van der Waals surface area contributed by atoms with Crippen LogP contribution in [-0.2, 0) is 35.6 Å². The van der Waals surface area contributed by atoms with Crippen LogP contribution in [0.2, 0.25) is 0 Å². The first-order valence-electron chi connectivity index (χ1n) is 14.7. The summed E-state index contributed by atoms with van der Waals surface area (Å²) in [5, 5.41) is 81.1. The molecule has 3 saturated heterocycles. The highest BCUT2D eigenvalue weighted by molar-refractivity contribution is 5.74. The van der Waals surface area contributed by atoms with Crippen molar-refractivity contribution in [3.8, 4) is 11.5 Å². The van der Waals surface area contributed by atoms with Gasteiger partial charge in [-0.05, 0) is 38.1 Å². The zero-order valence-electron chi connectivity index (χ0n) is 23.9. The number of aliphatic hydroxyl groups excluding tert-OH is 6. The molecule has 1 aromatic carbocycles. The normalized spacial score (nSPS) is 46.6. The minimum atomic E-state index is -1.90. The molecule has 4 aliphatic heterocycles. The lowest BCUT2D eigenvalue weighted by Gasteiger charge is -2.57. The molecule has 16 nitrogen and oxygen atoms in total. The molecular weight excluding hydrogens is 602 g/mol. The van der Waals surface area contributed by atoms with Gasteiger partial charge in [-0.2, -0.15) is 0 Å². The Labute approximate surface area is 255 Å². The quantitative estimate of drug-likeness (QED) is 0.142. The second-order valence-electron chi connectivity index (χ2n) is 12.6. The second-order valence-corrected chi connectivity index (χ2v) is 12.6. The molecule has 45 heavy (non-hydrogen) atoms. The van der Waals surface area contributed by atoms with Crippen LogP contribution < -0.4 is 9.47 Å². The van der Waals surface area contributed by atoms with Crippen LogP contribution in [-0.4, -0.2) is 151 Å². The minimum Gasteiger partial charge on any atom is -0.482 e. The van der Waals surface area contributed by atoms with E-state index in [1.54, 1.807) is 12.1 Å². The molecule has 15 atom stereocenters. The number of ether oxygens (including phenoxy) is 5. The molecule has 246 valence electrons. The van der Waals surface area contributed by atoms with E-state index in [0.29, 0.717) is 19.4 Å². The standard InChI is InChI=1S/C29H35NO15/c1-30-7-6-29-10-3-5-13(42-28-20(36)16(32)18(34)23(45-28)26(39)40)24(29)43-21-12(4-2-9(14(21)29)8-11(10)30)41-27-19(35)15(31)17(33)22(44-27)25(37)38/h2-5,10-11,13,15-20,22-24,27-28,31-36H,6-8H2,1H3,(H,37,38)(H,39,40). The van der Waals surface area contributed by atoms with Crippen LogP contribution in [0, 0.1) is 5.92 Å². The van der Waals surface area contributed by atoms with Crippen LogP contribution >= 0.6 is 0 Å². The summed E-state index contributed by atoms with van der Waals surface area (Å²) < 4.78 is 29.4. The molecule has 6 aliphatic rings. The van der Waals surface area contributed by atoms with Gasteiger partial charge in [-0.3, -0.25) is 0 Å². The van der Waals surface area contributed by atoms with E-state index in [1.165, 1.54) is 0 Å². The fourth-order valence-corrected chi connectivity index (χ4v) is 8.01. The van der Waals surface area contributed by atoms with E-state index in [2.05, 4.69) is 4.90 Å². The van der Waals surface area contributed by atoms with Crippen LogP contribution in [0.15, 0.2) is 24.3 Å². The topological polar surface area (TPSA) is 245 Å². The van der Waals surface area contributed by atoms with E-state index in [4.69, 9.17) is 23.7 Å². The molecule has 8 N–H and O–H groups in total. The van der Waals surface area contributed by atoms with Crippen LogP contribution in [0.4, 0.5) is 0 Å². The van der Waals surface area contributed by atoms with Crippen LogP contribution in [0.3, 0.4) is 0 Å². The number of hydrogen-bond donors (Lipinski definition) is 8. The highest BCUT2D eigenvalue weighted by atomic mass is 16.7. The number of likely N-dealkylation sites (tertiary alicyclic amines) is 1.